The number of nitrogens with two attached hydrogens (primary N) is 1. The molecular weight excluding hydrogens is 280 g/mol. The normalized spacial score (nSPS) is 25.2. The summed E-state index contributed by atoms with van der Waals surface area (Å²) in [5.74, 6) is -0.851. The smallest absolute Gasteiger partial charge is 0.352 e. The Morgan fingerprint density at radius 3 is 2.90 bits per heavy atom. The molecule has 0 saturated carbocycles. The summed E-state index contributed by atoms with van der Waals surface area (Å²) in [5.41, 5.74) is 6.47. The van der Waals surface area contributed by atoms with E-state index in [-0.39, 0.29) is 17.0 Å². The quantitative estimate of drug-likeness (QED) is 0.545. The molecular formula is C12H13N4O3S+. The zero-order chi connectivity index (χ0) is 14.3. The molecule has 1 saturated heterocycles. The molecule has 2 atom stereocenters. The molecule has 1 unspecified atom stereocenters. The lowest BCUT2D eigenvalue weighted by Crippen LogP contribution is -2.68. The Hall–Kier alpha value is -1.93. The zero-order valence-corrected chi connectivity index (χ0v) is 11.3. The summed E-state index contributed by atoms with van der Waals surface area (Å²) in [6, 6.07) is -0.593. The van der Waals surface area contributed by atoms with Crippen LogP contribution in [0.2, 0.25) is 0 Å². The molecule has 8 heteroatoms. The third-order valence-corrected chi connectivity index (χ3v) is 4.71. The lowest BCUT2D eigenvalue weighted by atomic mass is 10.0. The summed E-state index contributed by atoms with van der Waals surface area (Å²) in [6.45, 7) is 0.420. The Kier molecular flexibility index (Phi) is 3.19. The minimum Gasteiger partial charge on any atom is -0.477 e. The molecule has 2 aliphatic rings. The van der Waals surface area contributed by atoms with Crippen molar-refractivity contribution >= 4 is 23.6 Å². The fourth-order valence-electron chi connectivity index (χ4n) is 2.37. The Morgan fingerprint density at radius 2 is 2.25 bits per heavy atom. The monoisotopic (exact) mass is 293 g/mol. The van der Waals surface area contributed by atoms with E-state index in [1.807, 2.05) is 4.57 Å². The lowest BCUT2D eigenvalue weighted by Gasteiger charge is -2.47. The molecule has 0 aliphatic carbocycles. The van der Waals surface area contributed by atoms with Crippen molar-refractivity contribution in [1.29, 1.82) is 0 Å². The minimum atomic E-state index is -1.08. The van der Waals surface area contributed by atoms with Gasteiger partial charge in [0.05, 0.1) is 12.4 Å². The largest absolute Gasteiger partial charge is 0.477 e. The van der Waals surface area contributed by atoms with Gasteiger partial charge in [-0.25, -0.2) is 4.79 Å². The van der Waals surface area contributed by atoms with Gasteiger partial charge in [0.2, 0.25) is 5.91 Å². The first kappa shape index (κ1) is 13.1. The number of hydrogen-bond acceptors (Lipinski definition) is 5. The number of hydrogen-bond donors (Lipinski definition) is 2. The van der Waals surface area contributed by atoms with Crippen LogP contribution in [0.25, 0.3) is 0 Å². The van der Waals surface area contributed by atoms with Crippen molar-refractivity contribution in [2.45, 2.75) is 18.0 Å². The number of aromatic nitrogens is 2. The van der Waals surface area contributed by atoms with Crippen molar-refractivity contribution in [3.8, 4) is 0 Å². The van der Waals surface area contributed by atoms with E-state index in [9.17, 15) is 14.7 Å². The fourth-order valence-corrected chi connectivity index (χ4v) is 3.66. The van der Waals surface area contributed by atoms with Crippen LogP contribution in [0, 0.1) is 0 Å². The highest BCUT2D eigenvalue weighted by molar-refractivity contribution is 8.00. The van der Waals surface area contributed by atoms with Crippen LogP contribution in [0.1, 0.15) is 0 Å². The SMILES string of the molecule is NC1C(=O)N2C(C(=O)O)=C(C[n+]3ccncc3)CS[C@H]12. The van der Waals surface area contributed by atoms with Crippen molar-refractivity contribution < 1.29 is 19.3 Å². The molecule has 3 N–H and O–H groups in total. The van der Waals surface area contributed by atoms with E-state index in [1.165, 1.54) is 16.7 Å². The van der Waals surface area contributed by atoms with Crippen LogP contribution in [-0.2, 0) is 16.1 Å². The van der Waals surface area contributed by atoms with Crippen LogP contribution in [0.3, 0.4) is 0 Å². The number of amides is 1. The van der Waals surface area contributed by atoms with E-state index in [1.54, 1.807) is 24.8 Å². The molecule has 1 aromatic rings. The van der Waals surface area contributed by atoms with Crippen LogP contribution in [0.4, 0.5) is 0 Å². The van der Waals surface area contributed by atoms with Crippen LogP contribution >= 0.6 is 11.8 Å². The minimum absolute atomic E-state index is 0.0739. The van der Waals surface area contributed by atoms with Crippen molar-refractivity contribution in [2.24, 2.45) is 5.73 Å². The number of carboxylic acids is 1. The highest BCUT2D eigenvalue weighted by Crippen LogP contribution is 2.39. The van der Waals surface area contributed by atoms with Gasteiger partial charge in [-0.05, 0) is 0 Å². The second-order valence-electron chi connectivity index (χ2n) is 4.61. The highest BCUT2D eigenvalue weighted by atomic mass is 32.2. The van der Waals surface area contributed by atoms with E-state index in [0.29, 0.717) is 17.9 Å². The summed E-state index contributed by atoms with van der Waals surface area (Å²) in [6.07, 6.45) is 6.77. The van der Waals surface area contributed by atoms with E-state index in [4.69, 9.17) is 5.73 Å². The Labute approximate surface area is 119 Å². The van der Waals surface area contributed by atoms with Gasteiger partial charge >= 0.3 is 5.97 Å². The molecule has 1 fully saturated rings. The molecule has 1 amide bonds. The predicted octanol–water partition coefficient (Wildman–Crippen LogP) is -1.05. The van der Waals surface area contributed by atoms with Gasteiger partial charge in [-0.2, -0.15) is 4.57 Å². The van der Waals surface area contributed by atoms with Crippen LogP contribution in [-0.4, -0.2) is 44.0 Å². The predicted molar refractivity (Wildman–Crippen MR) is 70.2 cm³/mol. The van der Waals surface area contributed by atoms with Crippen LogP contribution < -0.4 is 10.3 Å². The summed E-state index contributed by atoms with van der Waals surface area (Å²) < 4.78 is 1.83. The van der Waals surface area contributed by atoms with Gasteiger partial charge in [0.1, 0.15) is 17.1 Å². The van der Waals surface area contributed by atoms with Crippen LogP contribution in [0.5, 0.6) is 0 Å². The molecule has 3 heterocycles. The molecule has 20 heavy (non-hydrogen) atoms. The first-order valence-electron chi connectivity index (χ1n) is 6.04. The number of carboxylic acid groups (broad SMARTS) is 1. The van der Waals surface area contributed by atoms with E-state index in [0.717, 1.165) is 0 Å². The number of rotatable bonds is 3. The van der Waals surface area contributed by atoms with Crippen molar-refractivity contribution in [3.05, 3.63) is 36.1 Å². The summed E-state index contributed by atoms with van der Waals surface area (Å²) in [7, 11) is 0. The van der Waals surface area contributed by atoms with E-state index < -0.39 is 12.0 Å². The van der Waals surface area contributed by atoms with Gasteiger partial charge < -0.3 is 10.8 Å². The number of β-lactam (4-membered cyclic amide) rings is 1. The van der Waals surface area contributed by atoms with E-state index >= 15 is 0 Å². The van der Waals surface area contributed by atoms with Crippen LogP contribution in [0.15, 0.2) is 36.1 Å². The van der Waals surface area contributed by atoms with Crippen molar-refractivity contribution in [3.63, 3.8) is 0 Å². The van der Waals surface area contributed by atoms with Gasteiger partial charge in [-0.3, -0.25) is 14.7 Å². The maximum Gasteiger partial charge on any atom is 0.352 e. The van der Waals surface area contributed by atoms with E-state index in [2.05, 4.69) is 4.98 Å². The summed E-state index contributed by atoms with van der Waals surface area (Å²) >= 11 is 1.50. The Balaban J connectivity index is 1.94. The number of thioether (sulfide) groups is 1. The molecule has 0 aromatic carbocycles. The maximum absolute atomic E-state index is 11.8. The van der Waals surface area contributed by atoms with Crippen molar-refractivity contribution in [1.82, 2.24) is 9.88 Å². The number of carbonyl (C=O) groups excluding carboxylic acids is 1. The average molecular weight is 293 g/mol. The Morgan fingerprint density at radius 1 is 1.55 bits per heavy atom. The van der Waals surface area contributed by atoms with Crippen molar-refractivity contribution in [2.75, 3.05) is 5.75 Å². The van der Waals surface area contributed by atoms with Gasteiger partial charge in [0.25, 0.3) is 0 Å². The lowest BCUT2D eigenvalue weighted by molar-refractivity contribution is -0.689. The first-order valence-corrected chi connectivity index (χ1v) is 7.09. The molecule has 0 spiro atoms. The second-order valence-corrected chi connectivity index (χ2v) is 5.72. The summed E-state index contributed by atoms with van der Waals surface area (Å²) in [4.78, 5) is 28.5. The molecule has 0 radical (unpaired) electrons. The molecule has 7 nitrogen and oxygen atoms in total. The third kappa shape index (κ3) is 1.97. The molecule has 2 aliphatic heterocycles. The molecule has 104 valence electrons. The standard InChI is InChI=1S/C12H12N4O3S/c13-8-10(17)16-9(12(18)19)7(6-20-11(8)16)5-15-3-1-14-2-4-15/h1-4,8,11H,5-6,13H2/p+1/t8?,11-/m1/s1. The third-order valence-electron chi connectivity index (χ3n) is 3.35. The first-order chi connectivity index (χ1) is 9.59. The van der Waals surface area contributed by atoms with Gasteiger partial charge in [-0.1, -0.05) is 0 Å². The molecule has 0 bridgehead atoms. The van der Waals surface area contributed by atoms with Gasteiger partial charge in [0, 0.05) is 11.3 Å². The molecule has 1 aromatic heterocycles. The zero-order valence-electron chi connectivity index (χ0n) is 10.5. The highest BCUT2D eigenvalue weighted by Gasteiger charge is 2.52. The number of aliphatic carboxylic acids is 1. The number of nitrogens with zero attached hydrogens (tertiary/aromatic N) is 3. The second kappa shape index (κ2) is 4.88. The summed E-state index contributed by atoms with van der Waals surface area (Å²) in [5, 5.41) is 9.14. The van der Waals surface area contributed by atoms with Gasteiger partial charge in [-0.15, -0.1) is 11.8 Å². The maximum atomic E-state index is 11.8. The topological polar surface area (TPSA) is 100 Å². The Bertz CT molecular complexity index is 604. The number of fused-ring (bicyclic) bond motifs is 1. The average Bonchev–Trinajstić information content (AvgIpc) is 2.46. The molecule has 3 rings (SSSR count). The number of carbonyl (C=O) groups is 2. The fraction of sp³-hybridized carbons (Fsp3) is 0.333. The van der Waals surface area contributed by atoms with Gasteiger partial charge in [0.15, 0.2) is 18.9 Å².